The van der Waals surface area contributed by atoms with Gasteiger partial charge in [0.05, 0.1) is 18.5 Å². The standard InChI is InChI=1S/C28H38N7O4P/c1-18(2)35(19(3)4)40(38-14-13-29-6)39-24-20(5)15-22(25(24)37-7)34-17-32-23-26(30-16-31-27(23)34)33-28(36)21-11-9-8-10-12-21/h8-12,16-20,22,24-25H,13-15H2,1-5,7H3,(H,30,31,33,36)/t20-,22+,24+,25-,40?/m0/s1/i5D. The summed E-state index contributed by atoms with van der Waals surface area (Å²) in [5.41, 5.74) is 1.54. The second-order valence-electron chi connectivity index (χ2n) is 10.2. The Labute approximate surface area is 238 Å². The summed E-state index contributed by atoms with van der Waals surface area (Å²) in [7, 11) is 0.133. The molecule has 11 nitrogen and oxygen atoms in total. The Balaban J connectivity index is 1.62. The number of imidazole rings is 1. The third-order valence-corrected chi connectivity index (χ3v) is 8.96. The van der Waals surface area contributed by atoms with Crippen LogP contribution in [0.1, 0.15) is 58.8 Å². The predicted octanol–water partition coefficient (Wildman–Crippen LogP) is 5.34. The molecular weight excluding hydrogens is 529 g/mol. The van der Waals surface area contributed by atoms with Crippen molar-refractivity contribution in [1.82, 2.24) is 24.2 Å². The van der Waals surface area contributed by atoms with Gasteiger partial charge in [0.25, 0.3) is 14.4 Å². The van der Waals surface area contributed by atoms with E-state index in [1.165, 1.54) is 6.33 Å². The lowest BCUT2D eigenvalue weighted by molar-refractivity contribution is -0.0148. The zero-order chi connectivity index (χ0) is 29.5. The summed E-state index contributed by atoms with van der Waals surface area (Å²) in [5, 5.41) is 2.85. The molecular formula is C28H38N7O4P. The van der Waals surface area contributed by atoms with Gasteiger partial charge < -0.3 is 28.5 Å². The van der Waals surface area contributed by atoms with E-state index in [4.69, 9.17) is 21.7 Å². The van der Waals surface area contributed by atoms with Gasteiger partial charge in [-0.25, -0.2) is 26.2 Å². The normalized spacial score (nSPS) is 22.1. The molecule has 1 fully saturated rings. The zero-order valence-corrected chi connectivity index (χ0v) is 24.5. The number of hydrogen-bond donors (Lipinski definition) is 1. The maximum absolute atomic E-state index is 12.8. The van der Waals surface area contributed by atoms with Crippen molar-refractivity contribution in [1.29, 1.82) is 0 Å². The molecule has 0 spiro atoms. The van der Waals surface area contributed by atoms with Crippen molar-refractivity contribution in [2.45, 2.75) is 71.3 Å². The van der Waals surface area contributed by atoms with Crippen LogP contribution in [-0.4, -0.2) is 74.6 Å². The summed E-state index contributed by atoms with van der Waals surface area (Å²) in [5.74, 6) is -0.0947. The number of amides is 1. The largest absolute Gasteiger partial charge is 0.377 e. The predicted molar refractivity (Wildman–Crippen MR) is 155 cm³/mol. The molecule has 1 N–H and O–H groups in total. The molecule has 214 valence electrons. The number of anilines is 1. The highest BCUT2D eigenvalue weighted by Gasteiger charge is 2.46. The van der Waals surface area contributed by atoms with E-state index in [0.717, 1.165) is 0 Å². The van der Waals surface area contributed by atoms with Gasteiger partial charge in [-0.2, -0.15) is 0 Å². The number of rotatable bonds is 12. The third-order valence-electron chi connectivity index (χ3n) is 6.83. The number of nitrogens with one attached hydrogen (secondary N) is 1. The van der Waals surface area contributed by atoms with Gasteiger partial charge in [-0.1, -0.05) is 25.1 Å². The van der Waals surface area contributed by atoms with Gasteiger partial charge in [0.15, 0.2) is 17.0 Å². The second kappa shape index (κ2) is 13.6. The average Bonchev–Trinajstić information content (AvgIpc) is 3.54. The van der Waals surface area contributed by atoms with Crippen LogP contribution in [0.15, 0.2) is 43.0 Å². The van der Waals surface area contributed by atoms with E-state index in [1.54, 1.807) is 37.7 Å². The zero-order valence-electron chi connectivity index (χ0n) is 24.6. The fourth-order valence-corrected chi connectivity index (χ4v) is 6.92. The van der Waals surface area contributed by atoms with Crippen LogP contribution in [0.3, 0.4) is 0 Å². The van der Waals surface area contributed by atoms with Gasteiger partial charge in [-0.3, -0.25) is 4.79 Å². The van der Waals surface area contributed by atoms with E-state index in [-0.39, 0.29) is 50.0 Å². The van der Waals surface area contributed by atoms with E-state index in [2.05, 4.69) is 57.5 Å². The summed E-state index contributed by atoms with van der Waals surface area (Å²) in [6.45, 7) is 16.2. The van der Waals surface area contributed by atoms with Crippen LogP contribution >= 0.6 is 8.53 Å². The van der Waals surface area contributed by atoms with E-state index >= 15 is 0 Å². The first-order chi connectivity index (χ1) is 19.8. The second-order valence-corrected chi connectivity index (χ2v) is 11.6. The van der Waals surface area contributed by atoms with Crippen molar-refractivity contribution in [3.05, 3.63) is 60.0 Å². The number of carbonyl (C=O) groups is 1. The van der Waals surface area contributed by atoms with Crippen molar-refractivity contribution in [3.63, 3.8) is 0 Å². The van der Waals surface area contributed by atoms with Crippen LogP contribution in [0, 0.1) is 12.5 Å². The maximum atomic E-state index is 12.8. The first-order valence-electron chi connectivity index (χ1n) is 14.1. The van der Waals surface area contributed by atoms with Crippen molar-refractivity contribution < 1.29 is 19.9 Å². The first kappa shape index (κ1) is 28.5. The summed E-state index contributed by atoms with van der Waals surface area (Å²) >= 11 is 0. The molecule has 0 saturated heterocycles. The highest BCUT2D eigenvalue weighted by Crippen LogP contribution is 2.52. The molecule has 1 saturated carbocycles. The van der Waals surface area contributed by atoms with Crippen LogP contribution in [0.5, 0.6) is 0 Å². The van der Waals surface area contributed by atoms with Crippen molar-refractivity contribution in [3.8, 4) is 0 Å². The summed E-state index contributed by atoms with van der Waals surface area (Å²) < 4.78 is 31.4. The molecule has 0 radical (unpaired) electrons. The minimum absolute atomic E-state index is 0.128. The Hall–Kier alpha value is -3.00. The lowest BCUT2D eigenvalue weighted by Crippen LogP contribution is -2.38. The van der Waals surface area contributed by atoms with Crippen molar-refractivity contribution in [2.24, 2.45) is 5.92 Å². The molecule has 3 aromatic rings. The van der Waals surface area contributed by atoms with Crippen LogP contribution in [0.4, 0.5) is 5.82 Å². The van der Waals surface area contributed by atoms with Crippen molar-refractivity contribution >= 4 is 31.4 Å². The number of fused-ring (bicyclic) bond motifs is 1. The van der Waals surface area contributed by atoms with E-state index in [0.29, 0.717) is 29.0 Å². The lowest BCUT2D eigenvalue weighted by Gasteiger charge is -2.38. The number of hydrogen-bond acceptors (Lipinski definition) is 8. The SMILES string of the molecule is [2H]C[C@H]1C[C@@H](n2cnc3c(NC(=O)c4ccccc4)ncnc32)[C@H](OC)[C@@H]1OP(OCC[N+]#[C-])N(C(C)C)C(C)C. The molecule has 1 amide bonds. The number of methoxy groups -OCH3 is 1. The molecule has 4 rings (SSSR count). The number of benzene rings is 1. The van der Waals surface area contributed by atoms with Crippen LogP contribution in [0.25, 0.3) is 16.0 Å². The molecule has 5 atom stereocenters. The van der Waals surface area contributed by atoms with E-state index < -0.39 is 20.7 Å². The maximum Gasteiger partial charge on any atom is 0.259 e. The van der Waals surface area contributed by atoms with Crippen LogP contribution in [0.2, 0.25) is 0 Å². The lowest BCUT2D eigenvalue weighted by atomic mass is 10.1. The summed E-state index contributed by atoms with van der Waals surface area (Å²) in [6.07, 6.45) is 2.87. The molecule has 0 aliphatic heterocycles. The van der Waals surface area contributed by atoms with Gasteiger partial charge in [-0.15, -0.1) is 0 Å². The monoisotopic (exact) mass is 568 g/mol. The van der Waals surface area contributed by atoms with Crippen LogP contribution in [-0.2, 0) is 13.8 Å². The Morgan fingerprint density at radius 3 is 2.62 bits per heavy atom. The molecule has 0 bridgehead atoms. The molecule has 1 aliphatic rings. The molecule has 1 aliphatic carbocycles. The quantitative estimate of drug-likeness (QED) is 0.177. The van der Waals surface area contributed by atoms with E-state index in [1.807, 2.05) is 10.6 Å². The summed E-state index contributed by atoms with van der Waals surface area (Å²) in [4.78, 5) is 29.6. The Morgan fingerprint density at radius 1 is 1.23 bits per heavy atom. The van der Waals surface area contributed by atoms with Gasteiger partial charge in [-0.05, 0) is 52.2 Å². The number of aromatic nitrogens is 4. The number of ether oxygens (including phenoxy) is 1. The van der Waals surface area contributed by atoms with Gasteiger partial charge in [0.2, 0.25) is 6.54 Å². The van der Waals surface area contributed by atoms with Crippen LogP contribution < -0.4 is 5.32 Å². The smallest absolute Gasteiger partial charge is 0.259 e. The number of carbonyl (C=O) groups excluding carboxylic acids is 1. The van der Waals surface area contributed by atoms with Gasteiger partial charge in [0.1, 0.15) is 19.0 Å². The fraction of sp³-hybridized carbons (Fsp3) is 0.536. The topological polar surface area (TPSA) is 108 Å². The minimum Gasteiger partial charge on any atom is -0.377 e. The molecule has 1 unspecified atom stereocenters. The molecule has 1 aromatic carbocycles. The van der Waals surface area contributed by atoms with Crippen molar-refractivity contribution in [2.75, 3.05) is 25.6 Å². The van der Waals surface area contributed by atoms with Gasteiger partial charge >= 0.3 is 0 Å². The highest BCUT2D eigenvalue weighted by molar-refractivity contribution is 7.44. The van der Waals surface area contributed by atoms with Gasteiger partial charge in [0, 0.05) is 26.1 Å². The molecule has 2 heterocycles. The first-order valence-corrected chi connectivity index (χ1v) is 14.5. The van der Waals surface area contributed by atoms with E-state index in [9.17, 15) is 4.79 Å². The fourth-order valence-electron chi connectivity index (χ4n) is 5.12. The Kier molecular flexibility index (Phi) is 9.68. The summed E-state index contributed by atoms with van der Waals surface area (Å²) in [6, 6.07) is 9.00. The number of nitrogens with zero attached hydrogens (tertiary/aromatic N) is 6. The molecule has 12 heteroatoms. The minimum atomic E-state index is -1.51. The average molecular weight is 569 g/mol. The molecule has 40 heavy (non-hydrogen) atoms. The Morgan fingerprint density at radius 2 is 1.98 bits per heavy atom. The third kappa shape index (κ3) is 6.48. The Bertz CT molecular complexity index is 1330. The highest BCUT2D eigenvalue weighted by atomic mass is 31.2. The molecule has 2 aromatic heterocycles.